The molecule has 0 aliphatic carbocycles. The zero-order valence-electron chi connectivity index (χ0n) is 6.44. The summed E-state index contributed by atoms with van der Waals surface area (Å²) in [6, 6.07) is 0. The summed E-state index contributed by atoms with van der Waals surface area (Å²) >= 11 is 3.60. The van der Waals surface area contributed by atoms with E-state index in [0.717, 1.165) is 9.26 Å². The molecule has 6 heteroatoms. The second kappa shape index (κ2) is 3.54. The molecule has 2 N–H and O–H groups in total. The highest BCUT2D eigenvalue weighted by Crippen LogP contribution is 2.17. The van der Waals surface area contributed by atoms with Gasteiger partial charge in [0.1, 0.15) is 11.5 Å². The fourth-order valence-corrected chi connectivity index (χ4v) is 1.62. The van der Waals surface area contributed by atoms with Crippen LogP contribution in [0.25, 0.3) is 11.5 Å². The number of rotatable bonds is 1. The number of nitrogen functional groups attached to an aromatic ring is 1. The maximum atomic E-state index is 5.64. The molecule has 2 aromatic heterocycles. The van der Waals surface area contributed by atoms with Crippen molar-refractivity contribution in [3.05, 3.63) is 20.7 Å². The van der Waals surface area contributed by atoms with Gasteiger partial charge in [0.05, 0.1) is 9.08 Å². The molecule has 0 unspecified atom stereocenters. The van der Waals surface area contributed by atoms with E-state index in [9.17, 15) is 0 Å². The molecule has 13 heavy (non-hydrogen) atoms. The molecule has 2 rings (SSSR count). The van der Waals surface area contributed by atoms with Crippen LogP contribution in [-0.2, 0) is 0 Å². The quantitative estimate of drug-likeness (QED) is 0.816. The van der Waals surface area contributed by atoms with E-state index >= 15 is 0 Å². The minimum atomic E-state index is 0.499. The average Bonchev–Trinajstić information content (AvgIpc) is 2.62. The summed E-state index contributed by atoms with van der Waals surface area (Å²) in [6.45, 7) is 0. The van der Waals surface area contributed by atoms with Crippen LogP contribution < -0.4 is 5.73 Å². The third-order valence-corrected chi connectivity index (χ3v) is 2.85. The van der Waals surface area contributed by atoms with E-state index in [1.54, 1.807) is 11.7 Å². The summed E-state index contributed by atoms with van der Waals surface area (Å²) in [4.78, 5) is 12.3. The third kappa shape index (κ3) is 1.78. The second-order valence-electron chi connectivity index (χ2n) is 2.30. The van der Waals surface area contributed by atoms with Crippen LogP contribution in [0.1, 0.15) is 0 Å². The first-order valence-electron chi connectivity index (χ1n) is 3.44. The summed E-state index contributed by atoms with van der Waals surface area (Å²) in [6.07, 6.45) is 1.69. The van der Waals surface area contributed by atoms with E-state index in [1.165, 1.54) is 11.3 Å². The Hall–Kier alpha value is -0.760. The minimum Gasteiger partial charge on any atom is -0.383 e. The predicted molar refractivity (Wildman–Crippen MR) is 60.3 cm³/mol. The van der Waals surface area contributed by atoms with Crippen molar-refractivity contribution in [1.82, 2.24) is 15.0 Å². The first-order chi connectivity index (χ1) is 6.27. The summed E-state index contributed by atoms with van der Waals surface area (Å²) < 4.78 is 0.858. The van der Waals surface area contributed by atoms with Crippen molar-refractivity contribution in [1.29, 1.82) is 0 Å². The Kier molecular flexibility index (Phi) is 2.40. The van der Waals surface area contributed by atoms with E-state index in [-0.39, 0.29) is 0 Å². The number of nitrogens with two attached hydrogens (primary N) is 1. The van der Waals surface area contributed by atoms with Crippen molar-refractivity contribution >= 4 is 39.7 Å². The van der Waals surface area contributed by atoms with Crippen LogP contribution in [0.15, 0.2) is 17.1 Å². The van der Waals surface area contributed by atoms with Crippen LogP contribution >= 0.6 is 33.9 Å². The molecule has 66 valence electrons. The number of anilines is 1. The standard InChI is InChI=1S/C7H5IN4S/c8-4-1-10-7(12-6(4)9)5-2-13-3-11-5/h1-3H,(H2,9,10,12). The number of halogens is 1. The molecule has 0 saturated carbocycles. The van der Waals surface area contributed by atoms with Gasteiger partial charge in [-0.15, -0.1) is 11.3 Å². The first-order valence-corrected chi connectivity index (χ1v) is 5.46. The highest BCUT2D eigenvalue weighted by atomic mass is 127. The topological polar surface area (TPSA) is 64.7 Å². The fourth-order valence-electron chi connectivity index (χ4n) is 0.827. The number of nitrogens with zero attached hydrogens (tertiary/aromatic N) is 3. The molecule has 0 spiro atoms. The van der Waals surface area contributed by atoms with Crippen molar-refractivity contribution in [3.8, 4) is 11.5 Å². The van der Waals surface area contributed by atoms with Crippen LogP contribution in [-0.4, -0.2) is 15.0 Å². The Morgan fingerprint density at radius 3 is 2.85 bits per heavy atom. The Morgan fingerprint density at radius 2 is 2.23 bits per heavy atom. The average molecular weight is 304 g/mol. The molecular formula is C7H5IN4S. The van der Waals surface area contributed by atoms with Gasteiger partial charge in [0.15, 0.2) is 5.82 Å². The van der Waals surface area contributed by atoms with Gasteiger partial charge in [-0.3, -0.25) is 0 Å². The van der Waals surface area contributed by atoms with Crippen molar-refractivity contribution in [2.75, 3.05) is 5.73 Å². The van der Waals surface area contributed by atoms with E-state index in [4.69, 9.17) is 5.73 Å². The van der Waals surface area contributed by atoms with Gasteiger partial charge < -0.3 is 5.73 Å². The minimum absolute atomic E-state index is 0.499. The van der Waals surface area contributed by atoms with Gasteiger partial charge in [-0.1, -0.05) is 0 Å². The van der Waals surface area contributed by atoms with E-state index < -0.39 is 0 Å². The van der Waals surface area contributed by atoms with E-state index in [2.05, 4.69) is 37.5 Å². The summed E-state index contributed by atoms with van der Waals surface area (Å²) in [5.41, 5.74) is 8.16. The molecule has 0 atom stereocenters. The van der Waals surface area contributed by atoms with Crippen LogP contribution in [0.2, 0.25) is 0 Å². The van der Waals surface area contributed by atoms with E-state index in [0.29, 0.717) is 11.6 Å². The van der Waals surface area contributed by atoms with Crippen molar-refractivity contribution in [2.24, 2.45) is 0 Å². The summed E-state index contributed by atoms with van der Waals surface area (Å²) in [7, 11) is 0. The van der Waals surface area contributed by atoms with E-state index in [1.807, 2.05) is 5.38 Å². The highest BCUT2D eigenvalue weighted by Gasteiger charge is 2.05. The normalized spacial score (nSPS) is 10.2. The molecular weight excluding hydrogens is 299 g/mol. The molecule has 0 fully saturated rings. The zero-order chi connectivity index (χ0) is 9.26. The lowest BCUT2D eigenvalue weighted by Crippen LogP contribution is -1.98. The van der Waals surface area contributed by atoms with Crippen LogP contribution in [0.3, 0.4) is 0 Å². The van der Waals surface area contributed by atoms with Gasteiger partial charge in [0, 0.05) is 11.6 Å². The third-order valence-electron chi connectivity index (χ3n) is 1.43. The molecule has 2 heterocycles. The lowest BCUT2D eigenvalue weighted by molar-refractivity contribution is 1.15. The van der Waals surface area contributed by atoms with Gasteiger partial charge >= 0.3 is 0 Å². The Bertz CT molecular complexity index is 414. The summed E-state index contributed by atoms with van der Waals surface area (Å²) in [5, 5.41) is 1.89. The maximum Gasteiger partial charge on any atom is 0.181 e. The van der Waals surface area contributed by atoms with Crippen molar-refractivity contribution < 1.29 is 0 Å². The second-order valence-corrected chi connectivity index (χ2v) is 4.18. The largest absolute Gasteiger partial charge is 0.383 e. The Labute approximate surface area is 92.4 Å². The molecule has 0 aliphatic rings. The van der Waals surface area contributed by atoms with Crippen LogP contribution in [0.4, 0.5) is 5.82 Å². The molecule has 2 aromatic rings. The fraction of sp³-hybridized carbons (Fsp3) is 0. The molecule has 0 radical (unpaired) electrons. The predicted octanol–water partition coefficient (Wildman–Crippen LogP) is 1.79. The molecule has 0 aromatic carbocycles. The number of hydrogen-bond acceptors (Lipinski definition) is 5. The van der Waals surface area contributed by atoms with Crippen LogP contribution in [0.5, 0.6) is 0 Å². The molecule has 0 saturated heterocycles. The van der Waals surface area contributed by atoms with Gasteiger partial charge in [-0.25, -0.2) is 15.0 Å². The maximum absolute atomic E-state index is 5.64. The van der Waals surface area contributed by atoms with Gasteiger partial charge in [0.2, 0.25) is 0 Å². The Morgan fingerprint density at radius 1 is 1.38 bits per heavy atom. The van der Waals surface area contributed by atoms with Crippen LogP contribution in [0, 0.1) is 3.57 Å². The lowest BCUT2D eigenvalue weighted by atomic mass is 10.4. The number of hydrogen-bond donors (Lipinski definition) is 1. The number of aromatic nitrogens is 3. The van der Waals surface area contributed by atoms with Gasteiger partial charge in [0.25, 0.3) is 0 Å². The molecule has 4 nitrogen and oxygen atoms in total. The lowest BCUT2D eigenvalue weighted by Gasteiger charge is -1.98. The number of thiazole rings is 1. The molecule has 0 aliphatic heterocycles. The molecule has 0 amide bonds. The van der Waals surface area contributed by atoms with Gasteiger partial charge in [-0.05, 0) is 22.6 Å². The van der Waals surface area contributed by atoms with Crippen molar-refractivity contribution in [2.45, 2.75) is 0 Å². The highest BCUT2D eigenvalue weighted by molar-refractivity contribution is 14.1. The SMILES string of the molecule is Nc1nc(-c2cscn2)ncc1I. The monoisotopic (exact) mass is 304 g/mol. The summed E-state index contributed by atoms with van der Waals surface area (Å²) in [5.74, 6) is 1.08. The smallest absolute Gasteiger partial charge is 0.181 e. The Balaban J connectivity index is 2.49. The first kappa shape index (κ1) is 8.82. The molecule has 0 bridgehead atoms. The zero-order valence-corrected chi connectivity index (χ0v) is 9.41. The van der Waals surface area contributed by atoms with Crippen molar-refractivity contribution in [3.63, 3.8) is 0 Å². The van der Waals surface area contributed by atoms with Gasteiger partial charge in [-0.2, -0.15) is 0 Å².